The molecule has 0 aliphatic carbocycles. The number of aliphatic hydroxyl groups is 1. The van der Waals surface area contributed by atoms with Crippen LogP contribution in [0, 0.1) is 17.8 Å². The Hall–Kier alpha value is -4.08. The van der Waals surface area contributed by atoms with Gasteiger partial charge in [0.05, 0.1) is 43.4 Å². The number of hydrogen-bond donors (Lipinski definition) is 1. The van der Waals surface area contributed by atoms with Gasteiger partial charge in [-0.1, -0.05) is 51.1 Å². The Morgan fingerprint density at radius 2 is 1.58 bits per heavy atom. The molecule has 0 amide bonds. The lowest BCUT2D eigenvalue weighted by atomic mass is 9.71. The average molecular weight is 1030 g/mol. The Bertz CT molecular complexity index is 1910. The van der Waals surface area contributed by atoms with Crippen LogP contribution in [0.3, 0.4) is 0 Å². The highest BCUT2D eigenvalue weighted by atomic mass is 16.7. The van der Waals surface area contributed by atoms with E-state index in [0.29, 0.717) is 26.1 Å². The molecule has 0 radical (unpaired) electrons. The number of likely N-dealkylation sites (N-methyl/N-ethyl adjacent to an activating group) is 2. The lowest BCUT2D eigenvalue weighted by Crippen LogP contribution is -2.67. The summed E-state index contributed by atoms with van der Waals surface area (Å²) in [5.74, 6) is -4.79. The Kier molecular flexibility index (Phi) is 24.7. The zero-order chi connectivity index (χ0) is 54.2. The average Bonchev–Trinajstić information content (AvgIpc) is 3.31. The second-order valence-electron chi connectivity index (χ2n) is 20.7. The highest BCUT2D eigenvalue weighted by Crippen LogP contribution is 2.43. The van der Waals surface area contributed by atoms with Gasteiger partial charge in [0.25, 0.3) is 0 Å². The van der Waals surface area contributed by atoms with Crippen LogP contribution in [0.15, 0.2) is 30.3 Å². The fourth-order valence-corrected chi connectivity index (χ4v) is 11.0. The number of hydrazine groups is 1. The highest BCUT2D eigenvalue weighted by Gasteiger charge is 2.56. The number of esters is 5. The molecule has 1 aromatic rings. The summed E-state index contributed by atoms with van der Waals surface area (Å²) in [4.78, 5) is 80.0. The maximum absolute atomic E-state index is 14.0. The number of rotatable bonds is 18. The molecule has 0 unspecified atom stereocenters. The summed E-state index contributed by atoms with van der Waals surface area (Å²) in [6.45, 7) is 16.4. The van der Waals surface area contributed by atoms with Crippen LogP contribution in [0.1, 0.15) is 126 Å². The van der Waals surface area contributed by atoms with Gasteiger partial charge in [-0.3, -0.25) is 24.0 Å². The van der Waals surface area contributed by atoms with Crippen molar-refractivity contribution in [2.45, 2.75) is 205 Å². The molecular weight excluding hydrogens is 947 g/mol. The first-order valence-electron chi connectivity index (χ1n) is 26.3. The van der Waals surface area contributed by atoms with Gasteiger partial charge in [0, 0.05) is 72.7 Å². The third-order valence-electron chi connectivity index (χ3n) is 14.6. The molecule has 19 heteroatoms. The molecule has 73 heavy (non-hydrogen) atoms. The summed E-state index contributed by atoms with van der Waals surface area (Å²) in [6, 6.07) is 9.46. The van der Waals surface area contributed by atoms with Crippen molar-refractivity contribution in [2.24, 2.45) is 17.8 Å². The van der Waals surface area contributed by atoms with Gasteiger partial charge >= 0.3 is 29.8 Å². The van der Waals surface area contributed by atoms with Crippen LogP contribution < -0.4 is 0 Å². The molecule has 0 saturated carbocycles. The molecule has 3 saturated heterocycles. The standard InChI is InChI=1S/C54H87N3O16/c1-14-43(61)70-41-30-45(63)66-34(4)24-27-57(26-20-19-23-39-21-17-16-18-22-39)56(12)32-42(69-37(7)59)33(3)29-40(25-28-58)47(51(41)65-13)52-49(64)48(55(10)11)50(35(5)68-52)72-46-31-54(9,73-38(8)60)53(36(6)67-46)71-44(62)15-2/h16-18,21-22,28,33-36,40-42,46-53,64H,14-15,19-20,23-27,29-32H2,1-13H3/t33-,34-,35-,36+,40+,41-,42+,46-,47+,48-,49-,50-,51-,52+,53+,54-/m1/s1. The minimum absolute atomic E-state index is 0.0158. The molecule has 414 valence electrons. The van der Waals surface area contributed by atoms with Crippen molar-refractivity contribution in [1.29, 1.82) is 0 Å². The lowest BCUT2D eigenvalue weighted by Gasteiger charge is -2.53. The second-order valence-corrected chi connectivity index (χ2v) is 20.7. The van der Waals surface area contributed by atoms with Gasteiger partial charge in [-0.15, -0.1) is 0 Å². The van der Waals surface area contributed by atoms with E-state index in [1.165, 1.54) is 26.5 Å². The summed E-state index contributed by atoms with van der Waals surface area (Å²) in [5, 5.41) is 17.1. The molecule has 1 aromatic carbocycles. The van der Waals surface area contributed by atoms with Crippen molar-refractivity contribution in [3.63, 3.8) is 0 Å². The molecule has 3 aliphatic rings. The van der Waals surface area contributed by atoms with Gasteiger partial charge < -0.3 is 57.4 Å². The molecule has 0 bridgehead atoms. The largest absolute Gasteiger partial charge is 0.463 e. The maximum Gasteiger partial charge on any atom is 0.309 e. The second kappa shape index (κ2) is 29.3. The summed E-state index contributed by atoms with van der Waals surface area (Å²) in [7, 11) is 6.92. The number of unbranched alkanes of at least 4 members (excludes halogenated alkanes) is 1. The fourth-order valence-electron chi connectivity index (χ4n) is 11.0. The molecule has 1 N–H and O–H groups in total. The van der Waals surface area contributed by atoms with E-state index in [2.05, 4.69) is 22.2 Å². The number of aliphatic hydroxyl groups excluding tert-OH is 1. The topological polar surface area (TPSA) is 215 Å². The minimum Gasteiger partial charge on any atom is -0.463 e. The molecular formula is C54H87N3O16. The van der Waals surface area contributed by atoms with Crippen LogP contribution in [0.25, 0.3) is 0 Å². The summed E-state index contributed by atoms with van der Waals surface area (Å²) < 4.78 is 56.0. The van der Waals surface area contributed by atoms with Crippen LogP contribution in [0.4, 0.5) is 0 Å². The first-order valence-corrected chi connectivity index (χ1v) is 26.3. The van der Waals surface area contributed by atoms with E-state index < -0.39 is 127 Å². The smallest absolute Gasteiger partial charge is 0.309 e. The van der Waals surface area contributed by atoms with Crippen molar-refractivity contribution in [2.75, 3.05) is 47.9 Å². The maximum atomic E-state index is 14.0. The molecule has 3 fully saturated rings. The molecule has 16 atom stereocenters. The fraction of sp³-hybridized carbons (Fsp3) is 0.778. The number of aldehydes is 1. The number of hydrogen-bond acceptors (Lipinski definition) is 19. The summed E-state index contributed by atoms with van der Waals surface area (Å²) in [6.07, 6.45) is -6.76. The predicted octanol–water partition coefficient (Wildman–Crippen LogP) is 5.24. The van der Waals surface area contributed by atoms with Gasteiger partial charge in [-0.2, -0.15) is 0 Å². The number of carbonyl (C=O) groups is 6. The number of benzene rings is 1. The van der Waals surface area contributed by atoms with Crippen LogP contribution in [0.2, 0.25) is 0 Å². The van der Waals surface area contributed by atoms with E-state index in [4.69, 9.17) is 42.6 Å². The van der Waals surface area contributed by atoms with Gasteiger partial charge in [0.2, 0.25) is 0 Å². The first-order chi connectivity index (χ1) is 34.5. The van der Waals surface area contributed by atoms with Crippen molar-refractivity contribution < 1.29 is 76.5 Å². The third-order valence-corrected chi connectivity index (χ3v) is 14.6. The number of nitrogens with zero attached hydrogens (tertiary/aromatic N) is 3. The van der Waals surface area contributed by atoms with Gasteiger partial charge in [0.1, 0.15) is 36.8 Å². The zero-order valence-corrected chi connectivity index (χ0v) is 45.7. The molecule has 4 rings (SSSR count). The van der Waals surface area contributed by atoms with E-state index in [1.54, 1.807) is 53.6 Å². The predicted molar refractivity (Wildman–Crippen MR) is 268 cm³/mol. The van der Waals surface area contributed by atoms with Crippen LogP contribution in [-0.2, 0) is 77.8 Å². The van der Waals surface area contributed by atoms with E-state index in [1.807, 2.05) is 39.1 Å². The SMILES string of the molecule is CCC(=O)O[C@@H]1CC(=O)O[C@H](C)CCN(CCCCc2ccccc2)N(C)C[C@H](OC(C)=O)[C@H](C)C[C@H](CC=O)[C@H]([C@@H]2O[C@H](C)[C@@H](O[C@@H]3C[C@@](C)(OC(C)=O)[C@@H](OC(=O)CC)[C@H](C)O3)[C@H](N(C)C)[C@H]2O)[C@@H]1OC. The van der Waals surface area contributed by atoms with Crippen LogP contribution >= 0.6 is 0 Å². The van der Waals surface area contributed by atoms with E-state index >= 15 is 0 Å². The number of aryl methyl sites for hydroxylation is 1. The molecule has 0 aromatic heterocycles. The summed E-state index contributed by atoms with van der Waals surface area (Å²) in [5.41, 5.74) is -0.0913. The molecule has 0 spiro atoms. The van der Waals surface area contributed by atoms with Gasteiger partial charge in [0.15, 0.2) is 18.0 Å². The zero-order valence-electron chi connectivity index (χ0n) is 45.7. The van der Waals surface area contributed by atoms with Crippen LogP contribution in [-0.4, -0.2) is 183 Å². The van der Waals surface area contributed by atoms with Crippen molar-refractivity contribution in [3.8, 4) is 0 Å². The van der Waals surface area contributed by atoms with Crippen molar-refractivity contribution >= 4 is 36.1 Å². The minimum atomic E-state index is -1.38. The number of methoxy groups -OCH3 is 1. The number of ether oxygens (including phenoxy) is 9. The number of carbonyl (C=O) groups excluding carboxylic acids is 6. The van der Waals surface area contributed by atoms with E-state index in [-0.39, 0.29) is 38.0 Å². The van der Waals surface area contributed by atoms with Gasteiger partial charge in [-0.25, -0.2) is 10.0 Å². The number of cyclic esters (lactones) is 1. The quantitative estimate of drug-likeness (QED) is 0.0861. The first kappa shape index (κ1) is 61.5. The molecule has 3 aliphatic heterocycles. The Balaban J connectivity index is 1.78. The van der Waals surface area contributed by atoms with E-state index in [0.717, 1.165) is 25.5 Å². The Morgan fingerprint density at radius 1 is 0.904 bits per heavy atom. The normalized spacial score (nSPS) is 34.6. The Morgan fingerprint density at radius 3 is 2.18 bits per heavy atom. The third kappa shape index (κ3) is 17.8. The van der Waals surface area contributed by atoms with Crippen LogP contribution in [0.5, 0.6) is 0 Å². The Labute approximate surface area is 433 Å². The molecule has 3 heterocycles. The van der Waals surface area contributed by atoms with Crippen molar-refractivity contribution in [3.05, 3.63) is 35.9 Å². The highest BCUT2D eigenvalue weighted by molar-refractivity contribution is 5.73. The monoisotopic (exact) mass is 1030 g/mol. The van der Waals surface area contributed by atoms with Gasteiger partial charge in [-0.05, 0) is 91.3 Å². The van der Waals surface area contributed by atoms with E-state index in [9.17, 15) is 33.9 Å². The lowest BCUT2D eigenvalue weighted by molar-refractivity contribution is -0.319. The van der Waals surface area contributed by atoms with Crippen molar-refractivity contribution in [1.82, 2.24) is 14.9 Å². The summed E-state index contributed by atoms with van der Waals surface area (Å²) >= 11 is 0. The molecule has 19 nitrogen and oxygen atoms in total.